The van der Waals surface area contributed by atoms with E-state index in [2.05, 4.69) is 26.2 Å². The van der Waals surface area contributed by atoms with E-state index in [4.69, 9.17) is 0 Å². The number of rotatable bonds is 2. The first-order valence-corrected chi connectivity index (χ1v) is 3.81. The zero-order valence-corrected chi connectivity index (χ0v) is 6.01. The topological polar surface area (TPSA) is 0 Å². The van der Waals surface area contributed by atoms with Crippen LogP contribution in [0.2, 0.25) is 0 Å². The van der Waals surface area contributed by atoms with Crippen LogP contribution in [0.4, 0.5) is 0 Å². The van der Waals surface area contributed by atoms with Crippen LogP contribution in [0.3, 0.4) is 0 Å². The van der Waals surface area contributed by atoms with Crippen LogP contribution in [0.5, 0.6) is 0 Å². The van der Waals surface area contributed by atoms with Crippen LogP contribution in [0.25, 0.3) is 0 Å². The summed E-state index contributed by atoms with van der Waals surface area (Å²) in [6.45, 7) is 4.22. The highest BCUT2D eigenvalue weighted by Crippen LogP contribution is 2.00. The molecule has 7 heavy (non-hydrogen) atoms. The smallest absolute Gasteiger partial charge is 0.0137 e. The van der Waals surface area contributed by atoms with Gasteiger partial charge in [-0.1, -0.05) is 11.6 Å². The first-order chi connectivity index (χ1) is 3.31. The maximum absolute atomic E-state index is 2.15. The Balaban J connectivity index is 3.17. The molecule has 0 aromatic heterocycles. The molecule has 42 valence electrons. The first-order valence-electron chi connectivity index (χ1n) is 2.42. The van der Waals surface area contributed by atoms with E-state index in [1.54, 1.807) is 0 Å². The van der Waals surface area contributed by atoms with E-state index in [-0.39, 0.29) is 0 Å². The van der Waals surface area contributed by atoms with Gasteiger partial charge in [-0.15, -0.1) is 0 Å². The van der Waals surface area contributed by atoms with Gasteiger partial charge in [-0.25, -0.2) is 0 Å². The van der Waals surface area contributed by atoms with Crippen LogP contribution < -0.4 is 0 Å². The number of thioether (sulfide) groups is 1. The van der Waals surface area contributed by atoms with Crippen molar-refractivity contribution in [1.29, 1.82) is 0 Å². The van der Waals surface area contributed by atoms with Crippen molar-refractivity contribution in [3.05, 3.63) is 11.6 Å². The Morgan fingerprint density at radius 2 is 2.29 bits per heavy atom. The molecule has 0 rings (SSSR count). The zero-order chi connectivity index (χ0) is 5.70. The molecule has 0 aliphatic carbocycles. The molecular weight excluding hydrogens is 104 g/mol. The molecule has 0 amide bonds. The predicted octanol–water partition coefficient (Wildman–Crippen LogP) is 2.32. The van der Waals surface area contributed by atoms with Gasteiger partial charge in [0.1, 0.15) is 0 Å². The van der Waals surface area contributed by atoms with Gasteiger partial charge >= 0.3 is 0 Å². The van der Waals surface area contributed by atoms with Crippen LogP contribution >= 0.6 is 11.8 Å². The van der Waals surface area contributed by atoms with Gasteiger partial charge in [-0.3, -0.25) is 0 Å². The standard InChI is InChI=1S/C6H12S/c1-4-6(2)5-7-3/h4H,5H2,1-3H3. The van der Waals surface area contributed by atoms with Crippen molar-refractivity contribution < 1.29 is 0 Å². The lowest BCUT2D eigenvalue weighted by atomic mass is 10.3. The van der Waals surface area contributed by atoms with E-state index in [9.17, 15) is 0 Å². The average molecular weight is 116 g/mol. The van der Waals surface area contributed by atoms with Gasteiger partial charge in [-0.05, 0) is 20.1 Å². The van der Waals surface area contributed by atoms with Crippen LogP contribution in [0.1, 0.15) is 13.8 Å². The second-order valence-electron chi connectivity index (χ2n) is 1.57. The summed E-state index contributed by atoms with van der Waals surface area (Å²) in [4.78, 5) is 0. The molecule has 0 heterocycles. The normalized spacial score (nSPS) is 12.1. The summed E-state index contributed by atoms with van der Waals surface area (Å²) in [6.07, 6.45) is 4.27. The third kappa shape index (κ3) is 3.93. The molecule has 0 aliphatic heterocycles. The van der Waals surface area contributed by atoms with E-state index < -0.39 is 0 Å². The lowest BCUT2D eigenvalue weighted by Gasteiger charge is -1.91. The van der Waals surface area contributed by atoms with Crippen molar-refractivity contribution in [2.75, 3.05) is 12.0 Å². The fraction of sp³-hybridized carbons (Fsp3) is 0.667. The molecule has 0 saturated heterocycles. The minimum Gasteiger partial charge on any atom is -0.161 e. The van der Waals surface area contributed by atoms with Gasteiger partial charge in [0, 0.05) is 5.75 Å². The van der Waals surface area contributed by atoms with Gasteiger partial charge < -0.3 is 0 Å². The maximum atomic E-state index is 2.15. The Hall–Kier alpha value is 0.0900. The summed E-state index contributed by atoms with van der Waals surface area (Å²) in [5.41, 5.74) is 1.47. The predicted molar refractivity (Wildman–Crippen MR) is 37.8 cm³/mol. The lowest BCUT2D eigenvalue weighted by molar-refractivity contribution is 1.38. The fourth-order valence-corrected chi connectivity index (χ4v) is 0.933. The summed E-state index contributed by atoms with van der Waals surface area (Å²) in [6, 6.07) is 0. The number of allylic oxidation sites excluding steroid dienone is 1. The molecule has 0 atom stereocenters. The molecule has 1 heteroatoms. The Kier molecular flexibility index (Phi) is 4.31. The summed E-state index contributed by atoms with van der Waals surface area (Å²) in [5.74, 6) is 1.18. The highest BCUT2D eigenvalue weighted by molar-refractivity contribution is 7.98. The molecule has 0 aromatic rings. The van der Waals surface area contributed by atoms with Gasteiger partial charge in [0.05, 0.1) is 0 Å². The minimum absolute atomic E-state index is 1.18. The summed E-state index contributed by atoms with van der Waals surface area (Å²) in [5, 5.41) is 0. The third-order valence-corrected chi connectivity index (χ3v) is 1.61. The van der Waals surface area contributed by atoms with Crippen LogP contribution in [0, 0.1) is 0 Å². The summed E-state index contributed by atoms with van der Waals surface area (Å²) in [7, 11) is 0. The van der Waals surface area contributed by atoms with E-state index >= 15 is 0 Å². The molecule has 0 spiro atoms. The SMILES string of the molecule is CC=C(C)CSC. The molecule has 0 aliphatic rings. The molecule has 0 radical (unpaired) electrons. The highest BCUT2D eigenvalue weighted by Gasteiger charge is 1.79. The number of hydrogen-bond acceptors (Lipinski definition) is 1. The second-order valence-corrected chi connectivity index (χ2v) is 2.43. The Bertz CT molecular complexity index is 64.6. The van der Waals surface area contributed by atoms with E-state index in [0.717, 1.165) is 0 Å². The van der Waals surface area contributed by atoms with Gasteiger partial charge in [0.2, 0.25) is 0 Å². The minimum atomic E-state index is 1.18. The van der Waals surface area contributed by atoms with Crippen LogP contribution in [-0.2, 0) is 0 Å². The van der Waals surface area contributed by atoms with Gasteiger partial charge in [0.25, 0.3) is 0 Å². The lowest BCUT2D eigenvalue weighted by Crippen LogP contribution is -1.75. The zero-order valence-electron chi connectivity index (χ0n) is 5.19. The number of hydrogen-bond donors (Lipinski definition) is 0. The van der Waals surface area contributed by atoms with Gasteiger partial charge in [-0.2, -0.15) is 11.8 Å². The molecule has 0 unspecified atom stereocenters. The van der Waals surface area contributed by atoms with Gasteiger partial charge in [0.15, 0.2) is 0 Å². The van der Waals surface area contributed by atoms with Crippen molar-refractivity contribution in [1.82, 2.24) is 0 Å². The largest absolute Gasteiger partial charge is 0.161 e. The second kappa shape index (κ2) is 4.25. The van der Waals surface area contributed by atoms with E-state index in [1.165, 1.54) is 11.3 Å². The van der Waals surface area contributed by atoms with Crippen molar-refractivity contribution in [2.24, 2.45) is 0 Å². The monoisotopic (exact) mass is 116 g/mol. The van der Waals surface area contributed by atoms with E-state index in [0.29, 0.717) is 0 Å². The van der Waals surface area contributed by atoms with E-state index in [1.807, 2.05) is 11.8 Å². The van der Waals surface area contributed by atoms with Crippen LogP contribution in [-0.4, -0.2) is 12.0 Å². The van der Waals surface area contributed by atoms with Crippen molar-refractivity contribution in [3.8, 4) is 0 Å². The molecule has 0 nitrogen and oxygen atoms in total. The summed E-state index contributed by atoms with van der Waals surface area (Å²) < 4.78 is 0. The van der Waals surface area contributed by atoms with Crippen LogP contribution in [0.15, 0.2) is 11.6 Å². The molecule has 0 N–H and O–H groups in total. The molecular formula is C6H12S. The Morgan fingerprint density at radius 1 is 1.71 bits per heavy atom. The fourth-order valence-electron chi connectivity index (χ4n) is 0.311. The molecule has 0 fully saturated rings. The van der Waals surface area contributed by atoms with Crippen molar-refractivity contribution in [2.45, 2.75) is 13.8 Å². The Labute approximate surface area is 50.0 Å². The first kappa shape index (κ1) is 7.09. The Morgan fingerprint density at radius 3 is 2.43 bits per heavy atom. The quantitative estimate of drug-likeness (QED) is 0.499. The molecule has 0 bridgehead atoms. The maximum Gasteiger partial charge on any atom is 0.0137 e. The molecule has 0 aromatic carbocycles. The average Bonchev–Trinajstić information content (AvgIpc) is 1.68. The molecule has 0 saturated carbocycles. The van der Waals surface area contributed by atoms with Crippen molar-refractivity contribution >= 4 is 11.8 Å². The van der Waals surface area contributed by atoms with Crippen molar-refractivity contribution in [3.63, 3.8) is 0 Å². The summed E-state index contributed by atoms with van der Waals surface area (Å²) >= 11 is 1.87. The highest BCUT2D eigenvalue weighted by atomic mass is 32.2. The third-order valence-electron chi connectivity index (χ3n) is 0.865.